The highest BCUT2D eigenvalue weighted by Crippen LogP contribution is 2.20. The molecule has 0 aromatic carbocycles. The van der Waals surface area contributed by atoms with Crippen LogP contribution in [0.15, 0.2) is 17.0 Å². The Labute approximate surface area is 99.0 Å². The fraction of sp³-hybridized carbons (Fsp3) is 0.636. The van der Waals surface area contributed by atoms with Crippen molar-refractivity contribution in [2.24, 2.45) is 5.92 Å². The maximum absolute atomic E-state index is 4.39. The van der Waals surface area contributed by atoms with Gasteiger partial charge in [0.25, 0.3) is 0 Å². The van der Waals surface area contributed by atoms with Gasteiger partial charge in [0.2, 0.25) is 0 Å². The van der Waals surface area contributed by atoms with Gasteiger partial charge in [-0.25, -0.2) is 9.97 Å². The molecule has 1 unspecified atom stereocenters. The van der Waals surface area contributed by atoms with Crippen LogP contribution in [0.5, 0.6) is 0 Å². The molecular formula is C11H16BrN3. The molecular weight excluding hydrogens is 254 g/mol. The monoisotopic (exact) mass is 269 g/mol. The maximum Gasteiger partial charge on any atom is 0.147 e. The summed E-state index contributed by atoms with van der Waals surface area (Å²) in [6.07, 6.45) is 7.47. The van der Waals surface area contributed by atoms with Crippen LogP contribution in [0.2, 0.25) is 0 Å². The molecule has 1 aliphatic rings. The molecule has 1 aromatic rings. The lowest BCUT2D eigenvalue weighted by atomic mass is 10.0. The fourth-order valence-electron chi connectivity index (χ4n) is 1.96. The van der Waals surface area contributed by atoms with E-state index >= 15 is 0 Å². The molecule has 1 aliphatic heterocycles. The van der Waals surface area contributed by atoms with Crippen molar-refractivity contribution in [2.45, 2.75) is 26.2 Å². The van der Waals surface area contributed by atoms with Crippen molar-refractivity contribution in [1.29, 1.82) is 0 Å². The predicted molar refractivity (Wildman–Crippen MR) is 65.0 cm³/mol. The van der Waals surface area contributed by atoms with Crippen LogP contribution in [0.4, 0.5) is 5.82 Å². The van der Waals surface area contributed by atoms with Crippen LogP contribution in [-0.4, -0.2) is 23.1 Å². The number of hydrogen-bond donors (Lipinski definition) is 0. The number of rotatable bonds is 1. The lowest BCUT2D eigenvalue weighted by Gasteiger charge is -2.20. The summed E-state index contributed by atoms with van der Waals surface area (Å²) in [6.45, 7) is 4.55. The highest BCUT2D eigenvalue weighted by Gasteiger charge is 2.14. The maximum atomic E-state index is 4.39. The largest absolute Gasteiger partial charge is 0.355 e. The highest BCUT2D eigenvalue weighted by molar-refractivity contribution is 9.10. The summed E-state index contributed by atoms with van der Waals surface area (Å²) < 4.78 is 0.800. The second-order valence-electron chi connectivity index (χ2n) is 4.22. The molecule has 3 nitrogen and oxygen atoms in total. The zero-order chi connectivity index (χ0) is 10.7. The Balaban J connectivity index is 2.06. The van der Waals surface area contributed by atoms with E-state index < -0.39 is 0 Å². The van der Waals surface area contributed by atoms with Gasteiger partial charge in [-0.05, 0) is 41.1 Å². The lowest BCUT2D eigenvalue weighted by Crippen LogP contribution is -2.25. The molecule has 0 radical (unpaired) electrons. The molecule has 0 bridgehead atoms. The molecule has 82 valence electrons. The Morgan fingerprint density at radius 3 is 2.87 bits per heavy atom. The van der Waals surface area contributed by atoms with Crippen molar-refractivity contribution in [2.75, 3.05) is 18.0 Å². The van der Waals surface area contributed by atoms with Crippen molar-refractivity contribution in [1.82, 2.24) is 9.97 Å². The summed E-state index contributed by atoms with van der Waals surface area (Å²) >= 11 is 3.30. The van der Waals surface area contributed by atoms with Crippen LogP contribution in [-0.2, 0) is 0 Å². The predicted octanol–water partition coefficient (Wildman–Crippen LogP) is 2.87. The third-order valence-electron chi connectivity index (χ3n) is 2.95. The van der Waals surface area contributed by atoms with E-state index in [0.29, 0.717) is 0 Å². The lowest BCUT2D eigenvalue weighted by molar-refractivity contribution is 0.521. The molecule has 0 saturated carbocycles. The first-order valence-electron chi connectivity index (χ1n) is 5.48. The van der Waals surface area contributed by atoms with E-state index in [4.69, 9.17) is 0 Å². The van der Waals surface area contributed by atoms with Crippen LogP contribution >= 0.6 is 15.9 Å². The first-order valence-corrected chi connectivity index (χ1v) is 6.27. The van der Waals surface area contributed by atoms with Crippen LogP contribution in [0.1, 0.15) is 26.2 Å². The normalized spacial score (nSPS) is 22.5. The second kappa shape index (κ2) is 4.92. The van der Waals surface area contributed by atoms with Crippen molar-refractivity contribution in [3.8, 4) is 0 Å². The average Bonchev–Trinajstić information content (AvgIpc) is 2.44. The highest BCUT2D eigenvalue weighted by atomic mass is 79.9. The van der Waals surface area contributed by atoms with Gasteiger partial charge in [0.05, 0.1) is 12.4 Å². The van der Waals surface area contributed by atoms with E-state index in [0.717, 1.165) is 29.4 Å². The second-order valence-corrected chi connectivity index (χ2v) is 5.03. The Morgan fingerprint density at radius 2 is 2.13 bits per heavy atom. The first kappa shape index (κ1) is 10.9. The standard InChI is InChI=1S/C11H16BrN3/c1-9-3-2-5-15(6-4-9)11-8-13-10(12)7-14-11/h7-9H,2-6H2,1H3. The Hall–Kier alpha value is -0.640. The molecule has 1 fully saturated rings. The summed E-state index contributed by atoms with van der Waals surface area (Å²) in [6, 6.07) is 0. The summed E-state index contributed by atoms with van der Waals surface area (Å²) in [5.74, 6) is 1.85. The molecule has 4 heteroatoms. The third kappa shape index (κ3) is 2.91. The molecule has 15 heavy (non-hydrogen) atoms. The zero-order valence-corrected chi connectivity index (χ0v) is 10.6. The van der Waals surface area contributed by atoms with E-state index in [9.17, 15) is 0 Å². The van der Waals surface area contributed by atoms with E-state index in [1.54, 1.807) is 6.20 Å². The SMILES string of the molecule is CC1CCCN(c2cnc(Br)cn2)CC1. The minimum atomic E-state index is 0.800. The Bertz CT molecular complexity index is 312. The Morgan fingerprint density at radius 1 is 1.27 bits per heavy atom. The smallest absolute Gasteiger partial charge is 0.147 e. The van der Waals surface area contributed by atoms with Gasteiger partial charge in [-0.15, -0.1) is 0 Å². The molecule has 1 saturated heterocycles. The van der Waals surface area contributed by atoms with Crippen LogP contribution < -0.4 is 4.90 Å². The average molecular weight is 270 g/mol. The molecule has 1 aromatic heterocycles. The van der Waals surface area contributed by atoms with Crippen molar-refractivity contribution in [3.05, 3.63) is 17.0 Å². The van der Waals surface area contributed by atoms with Crippen molar-refractivity contribution >= 4 is 21.7 Å². The number of halogens is 1. The van der Waals surface area contributed by atoms with Crippen LogP contribution in [0.3, 0.4) is 0 Å². The molecule has 0 amide bonds. The Kier molecular flexibility index (Phi) is 3.57. The van der Waals surface area contributed by atoms with E-state index in [-0.39, 0.29) is 0 Å². The van der Waals surface area contributed by atoms with Crippen molar-refractivity contribution < 1.29 is 0 Å². The van der Waals surface area contributed by atoms with Crippen LogP contribution in [0, 0.1) is 5.92 Å². The number of anilines is 1. The minimum Gasteiger partial charge on any atom is -0.355 e. The van der Waals surface area contributed by atoms with Gasteiger partial charge in [-0.3, -0.25) is 0 Å². The molecule has 1 atom stereocenters. The first-order chi connectivity index (χ1) is 7.25. The molecule has 0 aliphatic carbocycles. The van der Waals surface area contributed by atoms with Gasteiger partial charge in [-0.2, -0.15) is 0 Å². The van der Waals surface area contributed by atoms with E-state index in [1.807, 2.05) is 6.20 Å². The molecule has 0 N–H and O–H groups in total. The summed E-state index contributed by atoms with van der Waals surface area (Å²) in [5.41, 5.74) is 0. The van der Waals surface area contributed by atoms with Crippen molar-refractivity contribution in [3.63, 3.8) is 0 Å². The summed E-state index contributed by atoms with van der Waals surface area (Å²) in [7, 11) is 0. The molecule has 2 heterocycles. The van der Waals surface area contributed by atoms with Crippen LogP contribution in [0.25, 0.3) is 0 Å². The summed E-state index contributed by atoms with van der Waals surface area (Å²) in [4.78, 5) is 10.9. The third-order valence-corrected chi connectivity index (χ3v) is 3.36. The number of hydrogen-bond acceptors (Lipinski definition) is 3. The number of aromatic nitrogens is 2. The zero-order valence-electron chi connectivity index (χ0n) is 8.99. The molecule has 0 spiro atoms. The summed E-state index contributed by atoms with van der Waals surface area (Å²) in [5, 5.41) is 0. The van der Waals surface area contributed by atoms with Gasteiger partial charge in [0, 0.05) is 13.1 Å². The number of nitrogens with zero attached hydrogens (tertiary/aromatic N) is 3. The van der Waals surface area contributed by atoms with Gasteiger partial charge < -0.3 is 4.90 Å². The quantitative estimate of drug-likeness (QED) is 0.785. The minimum absolute atomic E-state index is 0.800. The van der Waals surface area contributed by atoms with Gasteiger partial charge in [-0.1, -0.05) is 6.92 Å². The van der Waals surface area contributed by atoms with E-state index in [1.165, 1.54) is 19.3 Å². The topological polar surface area (TPSA) is 29.0 Å². The van der Waals surface area contributed by atoms with E-state index in [2.05, 4.69) is 37.7 Å². The van der Waals surface area contributed by atoms with Gasteiger partial charge >= 0.3 is 0 Å². The van der Waals surface area contributed by atoms with Gasteiger partial charge in [0.1, 0.15) is 10.4 Å². The fourth-order valence-corrected chi connectivity index (χ4v) is 2.17. The molecule has 2 rings (SSSR count). The van der Waals surface area contributed by atoms with Gasteiger partial charge in [0.15, 0.2) is 0 Å².